The Morgan fingerprint density at radius 2 is 1.84 bits per heavy atom. The molecule has 0 spiro atoms. The van der Waals surface area contributed by atoms with E-state index in [9.17, 15) is 14.0 Å². The first-order chi connectivity index (χ1) is 8.65. The van der Waals surface area contributed by atoms with E-state index >= 15 is 0 Å². The van der Waals surface area contributed by atoms with Gasteiger partial charge in [-0.05, 0) is 32.3 Å². The number of likely N-dealkylation sites (N-methyl/N-ethyl adjacent to an activating group) is 1. The lowest BCUT2D eigenvalue weighted by atomic mass is 9.81. The number of quaternary nitrogens is 1. The molecule has 1 aliphatic heterocycles. The lowest BCUT2D eigenvalue weighted by molar-refractivity contribution is -1.92. The Bertz CT molecular complexity index is 486. The lowest BCUT2D eigenvalue weighted by Gasteiger charge is -2.32. The molecule has 0 bridgehead atoms. The summed E-state index contributed by atoms with van der Waals surface area (Å²) in [5.41, 5.74) is 1.49. The highest BCUT2D eigenvalue weighted by molar-refractivity contribution is 5.58. The molecular formula is C13H19ClNO4+. The smallest absolute Gasteiger partial charge is 0.177 e. The zero-order valence-electron chi connectivity index (χ0n) is 11.6. The maximum Gasteiger partial charge on any atom is 0.274 e. The Morgan fingerprint density at radius 1 is 1.26 bits per heavy atom. The van der Waals surface area contributed by atoms with Crippen LogP contribution in [-0.4, -0.2) is 12.6 Å². The number of halogens is 1. The fourth-order valence-corrected chi connectivity index (χ4v) is 3.64. The van der Waals surface area contributed by atoms with E-state index in [1.807, 2.05) is 52.0 Å². The van der Waals surface area contributed by atoms with Crippen LogP contribution in [-0.2, 0) is 9.81 Å². The highest BCUT2D eigenvalue weighted by atomic mass is 35.7. The molecule has 0 amide bonds. The molecule has 1 heterocycles. The Balaban J connectivity index is 2.62. The standard InChI is InChI=1S/C13H19ClNO4/c1-5-15(19-14(16,17)18)10(2)13(3,4)11-8-6-7-9-12(11)15/h6-10H,5H2,1-4H3/q+1. The van der Waals surface area contributed by atoms with Gasteiger partial charge in [0.2, 0.25) is 0 Å². The Morgan fingerprint density at radius 3 is 2.37 bits per heavy atom. The maximum absolute atomic E-state index is 11.1. The van der Waals surface area contributed by atoms with Crippen LogP contribution < -0.4 is 18.6 Å². The van der Waals surface area contributed by atoms with Crippen LogP contribution in [0.5, 0.6) is 0 Å². The fourth-order valence-electron chi connectivity index (χ4n) is 3.04. The summed E-state index contributed by atoms with van der Waals surface area (Å²) in [6.45, 7) is 8.16. The molecule has 5 nitrogen and oxygen atoms in total. The van der Waals surface area contributed by atoms with Crippen molar-refractivity contribution in [2.75, 3.05) is 6.54 Å². The molecule has 1 aromatic rings. The third-order valence-electron chi connectivity index (χ3n) is 4.35. The normalized spacial score (nSPS) is 29.3. The van der Waals surface area contributed by atoms with Crippen LogP contribution in [0.3, 0.4) is 0 Å². The molecule has 2 atom stereocenters. The molecule has 1 aliphatic rings. The molecule has 0 fully saturated rings. The number of nitrogens with zero attached hydrogens (tertiary/aromatic N) is 1. The van der Waals surface area contributed by atoms with E-state index in [0.29, 0.717) is 6.54 Å². The van der Waals surface area contributed by atoms with Gasteiger partial charge in [-0.15, -0.1) is 0 Å². The zero-order valence-corrected chi connectivity index (χ0v) is 12.3. The van der Waals surface area contributed by atoms with Crippen LogP contribution in [0.4, 0.5) is 5.69 Å². The minimum Gasteiger partial charge on any atom is -0.177 e. The first-order valence-electron chi connectivity index (χ1n) is 6.25. The number of hydrogen-bond acceptors (Lipinski definition) is 4. The van der Waals surface area contributed by atoms with Gasteiger partial charge in [0.1, 0.15) is 22.8 Å². The molecule has 0 N–H and O–H groups in total. The van der Waals surface area contributed by atoms with Gasteiger partial charge in [-0.25, -0.2) is 0 Å². The van der Waals surface area contributed by atoms with Crippen molar-refractivity contribution in [3.05, 3.63) is 29.8 Å². The van der Waals surface area contributed by atoms with Crippen LogP contribution >= 0.6 is 0 Å². The number of hydroxylamine groups is 2. The average Bonchev–Trinajstić information content (AvgIpc) is 2.48. The third kappa shape index (κ3) is 2.16. The van der Waals surface area contributed by atoms with Gasteiger partial charge >= 0.3 is 0 Å². The molecule has 0 radical (unpaired) electrons. The summed E-state index contributed by atoms with van der Waals surface area (Å²) in [7, 11) is -4.49. The van der Waals surface area contributed by atoms with Gasteiger partial charge in [0.15, 0.2) is 5.69 Å². The Hall–Kier alpha value is -0.690. The predicted octanol–water partition coefficient (Wildman–Crippen LogP) is -0.478. The fraction of sp³-hybridized carbons (Fsp3) is 0.538. The number of para-hydroxylation sites is 1. The summed E-state index contributed by atoms with van der Waals surface area (Å²) in [5, 5.41) is 0. The van der Waals surface area contributed by atoms with Gasteiger partial charge < -0.3 is 0 Å². The van der Waals surface area contributed by atoms with E-state index in [1.165, 1.54) is 0 Å². The molecular weight excluding hydrogens is 270 g/mol. The van der Waals surface area contributed by atoms with Crippen molar-refractivity contribution in [3.8, 4) is 0 Å². The summed E-state index contributed by atoms with van der Waals surface area (Å²) < 4.78 is 37.9. The number of fused-ring (bicyclic) bond motifs is 1. The summed E-state index contributed by atoms with van der Waals surface area (Å²) in [6, 6.07) is 7.34. The minimum atomic E-state index is -4.49. The third-order valence-corrected chi connectivity index (χ3v) is 4.77. The van der Waals surface area contributed by atoms with Gasteiger partial charge in [-0.2, -0.15) is 14.0 Å². The molecule has 1 aromatic carbocycles. The average molecular weight is 289 g/mol. The maximum atomic E-state index is 11.1. The van der Waals surface area contributed by atoms with Crippen LogP contribution in [0.25, 0.3) is 0 Å². The van der Waals surface area contributed by atoms with Crippen LogP contribution in [0.15, 0.2) is 24.3 Å². The second-order valence-corrected chi connectivity index (χ2v) is 6.37. The van der Waals surface area contributed by atoms with Gasteiger partial charge in [-0.1, -0.05) is 18.2 Å². The van der Waals surface area contributed by atoms with Crippen LogP contribution in [0, 0.1) is 10.2 Å². The number of hydrogen-bond donors (Lipinski definition) is 0. The van der Waals surface area contributed by atoms with Crippen molar-refractivity contribution in [2.24, 2.45) is 0 Å². The second-order valence-electron chi connectivity index (χ2n) is 5.47. The zero-order chi connectivity index (χ0) is 14.5. The molecule has 0 aromatic heterocycles. The van der Waals surface area contributed by atoms with Crippen LogP contribution in [0.1, 0.15) is 33.3 Å². The number of rotatable bonds is 3. The Kier molecular flexibility index (Phi) is 3.42. The van der Waals surface area contributed by atoms with Crippen molar-refractivity contribution in [2.45, 2.75) is 39.2 Å². The predicted molar refractivity (Wildman–Crippen MR) is 62.4 cm³/mol. The molecule has 0 aliphatic carbocycles. The molecule has 19 heavy (non-hydrogen) atoms. The van der Waals surface area contributed by atoms with E-state index < -0.39 is 10.2 Å². The summed E-state index contributed by atoms with van der Waals surface area (Å²) in [5.74, 6) is 0. The quantitative estimate of drug-likeness (QED) is 0.704. The van der Waals surface area contributed by atoms with E-state index in [1.54, 1.807) is 0 Å². The summed E-state index contributed by atoms with van der Waals surface area (Å²) >= 11 is 0. The van der Waals surface area contributed by atoms with Crippen LogP contribution in [0.2, 0.25) is 0 Å². The lowest BCUT2D eigenvalue weighted by Crippen LogP contribution is -2.70. The molecule has 6 heteroatoms. The summed E-state index contributed by atoms with van der Waals surface area (Å²) in [4.78, 5) is 0. The minimum absolute atomic E-state index is 0.175. The highest BCUT2D eigenvalue weighted by Crippen LogP contribution is 2.50. The highest BCUT2D eigenvalue weighted by Gasteiger charge is 2.63. The van der Waals surface area contributed by atoms with E-state index in [-0.39, 0.29) is 16.1 Å². The molecule has 2 rings (SSSR count). The SMILES string of the molecule is CC[N+]1(O[Cl+3]([O-])([O-])[O-])c2ccccc2C(C)(C)C1C. The van der Waals surface area contributed by atoms with Gasteiger partial charge in [0.05, 0.1) is 5.41 Å². The first-order valence-corrected chi connectivity index (χ1v) is 7.48. The van der Waals surface area contributed by atoms with Crippen molar-refractivity contribution in [1.82, 2.24) is 4.65 Å². The van der Waals surface area contributed by atoms with Crippen molar-refractivity contribution in [3.63, 3.8) is 0 Å². The van der Waals surface area contributed by atoms with Gasteiger partial charge in [-0.3, -0.25) is 0 Å². The van der Waals surface area contributed by atoms with E-state index in [2.05, 4.69) is 0 Å². The molecule has 0 saturated heterocycles. The number of benzene rings is 1. The van der Waals surface area contributed by atoms with E-state index in [4.69, 9.17) is 4.39 Å². The van der Waals surface area contributed by atoms with Gasteiger partial charge in [0.25, 0.3) is 4.39 Å². The van der Waals surface area contributed by atoms with Crippen molar-refractivity contribution >= 4 is 5.69 Å². The molecule has 2 unspecified atom stereocenters. The monoisotopic (exact) mass is 288 g/mol. The largest absolute Gasteiger partial charge is 0.274 e. The summed E-state index contributed by atoms with van der Waals surface area (Å²) in [6.07, 6.45) is 0. The second kappa shape index (κ2) is 4.41. The molecule has 106 valence electrons. The Labute approximate surface area is 115 Å². The van der Waals surface area contributed by atoms with Crippen molar-refractivity contribution in [1.29, 1.82) is 0 Å². The molecule has 0 saturated carbocycles. The first kappa shape index (κ1) is 14.7. The van der Waals surface area contributed by atoms with Crippen molar-refractivity contribution < 1.29 is 28.6 Å². The van der Waals surface area contributed by atoms with E-state index in [0.717, 1.165) is 11.3 Å². The van der Waals surface area contributed by atoms with Gasteiger partial charge in [0, 0.05) is 11.6 Å². The topological polar surface area (TPSA) is 78.4 Å².